The third kappa shape index (κ3) is 2.51. The molecule has 3 heterocycles. The number of nitrogens with zero attached hydrogens (tertiary/aromatic N) is 2. The first-order valence-corrected chi connectivity index (χ1v) is 8.37. The van der Waals surface area contributed by atoms with Crippen LogP contribution in [0.5, 0.6) is 0 Å². The van der Waals surface area contributed by atoms with E-state index in [0.29, 0.717) is 12.2 Å². The van der Waals surface area contributed by atoms with Gasteiger partial charge in [0.15, 0.2) is 4.96 Å². The molecule has 4 rings (SSSR count). The Labute approximate surface area is 137 Å². The second-order valence-electron chi connectivity index (χ2n) is 5.52. The summed E-state index contributed by atoms with van der Waals surface area (Å²) in [6.45, 7) is 2.59. The Balaban J connectivity index is 1.43. The number of para-hydroxylation sites is 1. The molecule has 1 aromatic carbocycles. The summed E-state index contributed by atoms with van der Waals surface area (Å²) >= 11 is 1.54. The van der Waals surface area contributed by atoms with Crippen LogP contribution in [0.25, 0.3) is 15.9 Å². The average molecular weight is 324 g/mol. The number of hydrogen-bond acceptors (Lipinski definition) is 3. The van der Waals surface area contributed by atoms with Crippen molar-refractivity contribution in [1.29, 1.82) is 0 Å². The molecule has 1 amide bonds. The molecule has 3 aromatic heterocycles. The molecule has 5 nitrogen and oxygen atoms in total. The summed E-state index contributed by atoms with van der Waals surface area (Å²) in [6.07, 6.45) is 4.59. The molecule has 0 spiro atoms. The minimum Gasteiger partial charge on any atom is -0.361 e. The molecular formula is C17H16N4OS. The van der Waals surface area contributed by atoms with E-state index in [9.17, 15) is 4.79 Å². The molecule has 2 N–H and O–H groups in total. The number of nitrogens with one attached hydrogen (secondary N) is 2. The zero-order valence-electron chi connectivity index (χ0n) is 12.7. The van der Waals surface area contributed by atoms with E-state index in [1.54, 1.807) is 17.5 Å². The fourth-order valence-electron chi connectivity index (χ4n) is 2.74. The molecule has 0 aliphatic heterocycles. The highest BCUT2D eigenvalue weighted by Crippen LogP contribution is 2.18. The summed E-state index contributed by atoms with van der Waals surface area (Å²) in [5.74, 6) is -0.125. The minimum atomic E-state index is -0.125. The van der Waals surface area contributed by atoms with Crippen LogP contribution in [0.3, 0.4) is 0 Å². The molecule has 0 fully saturated rings. The topological polar surface area (TPSA) is 62.2 Å². The standard InChI is InChI=1S/C17H16N4OS/c1-11-10-23-17-20-15(9-21(11)17)16(22)18-7-6-12-8-19-14-5-3-2-4-13(12)14/h2-5,8-10,19H,6-7H2,1H3,(H,18,22). The van der Waals surface area contributed by atoms with Crippen LogP contribution in [0.15, 0.2) is 42.0 Å². The molecular weight excluding hydrogens is 308 g/mol. The molecule has 0 bridgehead atoms. The predicted octanol–water partition coefficient (Wildman–Crippen LogP) is 3.16. The van der Waals surface area contributed by atoms with Crippen molar-refractivity contribution in [3.8, 4) is 0 Å². The zero-order valence-corrected chi connectivity index (χ0v) is 13.5. The summed E-state index contributed by atoms with van der Waals surface area (Å²) in [5, 5.41) is 6.19. The summed E-state index contributed by atoms with van der Waals surface area (Å²) in [7, 11) is 0. The van der Waals surface area contributed by atoms with Gasteiger partial charge in [-0.15, -0.1) is 11.3 Å². The van der Waals surface area contributed by atoms with Crippen molar-refractivity contribution in [2.75, 3.05) is 6.54 Å². The lowest BCUT2D eigenvalue weighted by atomic mass is 10.1. The molecule has 23 heavy (non-hydrogen) atoms. The number of hydrogen-bond donors (Lipinski definition) is 2. The summed E-state index contributed by atoms with van der Waals surface area (Å²) in [4.78, 5) is 20.7. The molecule has 0 aliphatic rings. The van der Waals surface area contributed by atoms with Crippen molar-refractivity contribution in [2.45, 2.75) is 13.3 Å². The molecule has 0 aliphatic carbocycles. The largest absolute Gasteiger partial charge is 0.361 e. The van der Waals surface area contributed by atoms with Gasteiger partial charge in [0.25, 0.3) is 5.91 Å². The van der Waals surface area contributed by atoms with E-state index in [4.69, 9.17) is 0 Å². The maximum Gasteiger partial charge on any atom is 0.271 e. The van der Waals surface area contributed by atoms with Crippen LogP contribution in [-0.2, 0) is 6.42 Å². The molecule has 116 valence electrons. The maximum atomic E-state index is 12.2. The molecule has 0 saturated carbocycles. The van der Waals surface area contributed by atoms with E-state index >= 15 is 0 Å². The first kappa shape index (κ1) is 14.0. The van der Waals surface area contributed by atoms with Gasteiger partial charge in [-0.25, -0.2) is 4.98 Å². The lowest BCUT2D eigenvalue weighted by Gasteiger charge is -2.02. The molecule has 6 heteroatoms. The lowest BCUT2D eigenvalue weighted by Crippen LogP contribution is -2.25. The lowest BCUT2D eigenvalue weighted by molar-refractivity contribution is 0.0950. The van der Waals surface area contributed by atoms with Crippen molar-refractivity contribution in [1.82, 2.24) is 19.7 Å². The van der Waals surface area contributed by atoms with E-state index < -0.39 is 0 Å². The number of aromatic nitrogens is 3. The van der Waals surface area contributed by atoms with Crippen LogP contribution >= 0.6 is 11.3 Å². The number of carbonyl (C=O) groups is 1. The van der Waals surface area contributed by atoms with Gasteiger partial charge in [-0.1, -0.05) is 18.2 Å². The number of carbonyl (C=O) groups excluding carboxylic acids is 1. The zero-order chi connectivity index (χ0) is 15.8. The molecule has 0 saturated heterocycles. The fourth-order valence-corrected chi connectivity index (χ4v) is 3.59. The van der Waals surface area contributed by atoms with E-state index in [2.05, 4.69) is 27.4 Å². The number of benzene rings is 1. The van der Waals surface area contributed by atoms with Gasteiger partial charge in [-0.05, 0) is 25.0 Å². The van der Waals surface area contributed by atoms with E-state index in [1.807, 2.05) is 35.0 Å². The predicted molar refractivity (Wildman–Crippen MR) is 92.1 cm³/mol. The van der Waals surface area contributed by atoms with Crippen LogP contribution < -0.4 is 5.32 Å². The van der Waals surface area contributed by atoms with Gasteiger partial charge >= 0.3 is 0 Å². The van der Waals surface area contributed by atoms with Gasteiger partial charge in [0.05, 0.1) is 0 Å². The first-order valence-electron chi connectivity index (χ1n) is 7.49. The number of aryl methyl sites for hydroxylation is 1. The molecule has 0 atom stereocenters. The summed E-state index contributed by atoms with van der Waals surface area (Å²) < 4.78 is 1.94. The van der Waals surface area contributed by atoms with Crippen LogP contribution in [0.2, 0.25) is 0 Å². The second-order valence-corrected chi connectivity index (χ2v) is 6.36. The number of amides is 1. The van der Waals surface area contributed by atoms with Crippen molar-refractivity contribution >= 4 is 33.1 Å². The number of imidazole rings is 1. The van der Waals surface area contributed by atoms with Gasteiger partial charge in [0.1, 0.15) is 5.69 Å². The summed E-state index contributed by atoms with van der Waals surface area (Å²) in [5.41, 5.74) is 3.90. The Kier molecular flexibility index (Phi) is 3.38. The SMILES string of the molecule is Cc1csc2nc(C(=O)NCCc3c[nH]c4ccccc34)cn12. The van der Waals surface area contributed by atoms with Crippen LogP contribution in [0, 0.1) is 6.92 Å². The van der Waals surface area contributed by atoms with Gasteiger partial charge in [0.2, 0.25) is 0 Å². The average Bonchev–Trinajstić information content (AvgIpc) is 3.24. The monoisotopic (exact) mass is 324 g/mol. The van der Waals surface area contributed by atoms with Crippen LogP contribution in [0.4, 0.5) is 0 Å². The third-order valence-electron chi connectivity index (χ3n) is 3.98. The van der Waals surface area contributed by atoms with Gasteiger partial charge in [-0.3, -0.25) is 9.20 Å². The van der Waals surface area contributed by atoms with Gasteiger partial charge in [-0.2, -0.15) is 0 Å². The minimum absolute atomic E-state index is 0.125. The van der Waals surface area contributed by atoms with E-state index in [0.717, 1.165) is 22.6 Å². The van der Waals surface area contributed by atoms with Crippen LogP contribution in [-0.4, -0.2) is 26.8 Å². The summed E-state index contributed by atoms with van der Waals surface area (Å²) in [6, 6.07) is 8.18. The fraction of sp³-hybridized carbons (Fsp3) is 0.176. The van der Waals surface area contributed by atoms with Crippen molar-refractivity contribution in [3.63, 3.8) is 0 Å². The maximum absolute atomic E-state index is 12.2. The Morgan fingerprint density at radius 3 is 3.13 bits per heavy atom. The van der Waals surface area contributed by atoms with Crippen molar-refractivity contribution in [2.24, 2.45) is 0 Å². The first-order chi connectivity index (χ1) is 11.2. The number of aromatic amines is 1. The van der Waals surface area contributed by atoms with Crippen molar-refractivity contribution < 1.29 is 4.79 Å². The Hall–Kier alpha value is -2.60. The Bertz CT molecular complexity index is 994. The van der Waals surface area contributed by atoms with Gasteiger partial charge < -0.3 is 10.3 Å². The molecule has 0 unspecified atom stereocenters. The normalized spacial score (nSPS) is 11.3. The number of H-pyrrole nitrogens is 1. The van der Waals surface area contributed by atoms with E-state index in [1.165, 1.54) is 10.9 Å². The number of fused-ring (bicyclic) bond motifs is 2. The van der Waals surface area contributed by atoms with Crippen molar-refractivity contribution in [3.05, 3.63) is 59.0 Å². The Morgan fingerprint density at radius 2 is 2.26 bits per heavy atom. The van der Waals surface area contributed by atoms with Crippen LogP contribution in [0.1, 0.15) is 21.7 Å². The highest BCUT2D eigenvalue weighted by atomic mass is 32.1. The highest BCUT2D eigenvalue weighted by molar-refractivity contribution is 7.15. The number of thiazole rings is 1. The number of rotatable bonds is 4. The molecule has 4 aromatic rings. The third-order valence-corrected chi connectivity index (χ3v) is 4.93. The van der Waals surface area contributed by atoms with Gasteiger partial charge in [0, 0.05) is 40.9 Å². The smallest absolute Gasteiger partial charge is 0.271 e. The second kappa shape index (κ2) is 5.55. The molecule has 0 radical (unpaired) electrons. The Morgan fingerprint density at radius 1 is 1.39 bits per heavy atom. The quantitative estimate of drug-likeness (QED) is 0.606. The highest BCUT2D eigenvalue weighted by Gasteiger charge is 2.12. The van der Waals surface area contributed by atoms with E-state index in [-0.39, 0.29) is 5.91 Å².